The van der Waals surface area contributed by atoms with Crippen LogP contribution in [0.25, 0.3) is 0 Å². The van der Waals surface area contributed by atoms with Gasteiger partial charge in [0.15, 0.2) is 0 Å². The summed E-state index contributed by atoms with van der Waals surface area (Å²) in [6.45, 7) is 17.2. The second-order valence-electron chi connectivity index (χ2n) is 12.0. The summed E-state index contributed by atoms with van der Waals surface area (Å²) in [6.07, 6.45) is 19.6. The van der Waals surface area contributed by atoms with Crippen LogP contribution in [-0.2, 0) is 9.59 Å². The first-order chi connectivity index (χ1) is 19.4. The summed E-state index contributed by atoms with van der Waals surface area (Å²) in [5.74, 6) is 1.29. The molecule has 3 rings (SSSR count). The van der Waals surface area contributed by atoms with Crippen molar-refractivity contribution in [2.24, 2.45) is 17.3 Å². The van der Waals surface area contributed by atoms with Crippen molar-refractivity contribution < 1.29 is 14.0 Å². The Bertz CT molecular complexity index is 927. The smallest absolute Gasteiger partial charge is 0.211 e. The van der Waals surface area contributed by atoms with Crippen LogP contribution in [0.1, 0.15) is 84.6 Å². The number of carbonyl (C=O) groups is 2. The van der Waals surface area contributed by atoms with Gasteiger partial charge in [-0.3, -0.25) is 9.59 Å². The number of hydrogen-bond acceptors (Lipinski definition) is 3. The molecule has 0 aromatic heterocycles. The van der Waals surface area contributed by atoms with E-state index >= 15 is 0 Å². The maximum atomic E-state index is 12.8. The fourth-order valence-corrected chi connectivity index (χ4v) is 4.37. The van der Waals surface area contributed by atoms with E-state index in [9.17, 15) is 14.0 Å². The van der Waals surface area contributed by atoms with Crippen LogP contribution in [-0.4, -0.2) is 32.5 Å². The van der Waals surface area contributed by atoms with Gasteiger partial charge in [0.2, 0.25) is 12.8 Å². The summed E-state index contributed by atoms with van der Waals surface area (Å²) < 4.78 is 12.8. The first kappa shape index (κ1) is 38.9. The molecule has 1 heterocycles. The predicted molar refractivity (Wildman–Crippen MR) is 175 cm³/mol. The Hall–Kier alpha value is -2.15. The van der Waals surface area contributed by atoms with Crippen LogP contribution in [0.2, 0.25) is 5.02 Å². The lowest BCUT2D eigenvalue weighted by Gasteiger charge is -2.06. The van der Waals surface area contributed by atoms with Gasteiger partial charge in [0.25, 0.3) is 0 Å². The van der Waals surface area contributed by atoms with Gasteiger partial charge in [-0.15, -0.1) is 0 Å². The molecule has 2 amide bonds. The Labute approximate surface area is 258 Å². The van der Waals surface area contributed by atoms with E-state index in [4.69, 9.17) is 23.2 Å². The van der Waals surface area contributed by atoms with E-state index in [0.717, 1.165) is 44.2 Å². The molecule has 2 aliphatic rings. The molecule has 0 radical (unpaired) electrons. The maximum Gasteiger partial charge on any atom is 0.211 e. The number of hydrogen-bond donors (Lipinski definition) is 3. The number of anilines is 1. The number of benzene rings is 1. The van der Waals surface area contributed by atoms with E-state index in [2.05, 4.69) is 56.3 Å². The van der Waals surface area contributed by atoms with Gasteiger partial charge in [-0.25, -0.2) is 4.39 Å². The summed E-state index contributed by atoms with van der Waals surface area (Å²) in [7, 11) is 0. The fraction of sp³-hybridized carbons (Fsp3) is 0.576. The second-order valence-corrected chi connectivity index (χ2v) is 12.8. The van der Waals surface area contributed by atoms with Crippen LogP contribution in [0.5, 0.6) is 0 Å². The molecule has 1 aromatic carbocycles. The van der Waals surface area contributed by atoms with Gasteiger partial charge in [0.1, 0.15) is 5.82 Å². The number of carbonyl (C=O) groups excluding carboxylic acids is 2. The Kier molecular flexibility index (Phi) is 22.2. The molecule has 232 valence electrons. The first-order valence-electron chi connectivity index (χ1n) is 14.6. The average molecular weight is 613 g/mol. The molecule has 1 aliphatic carbocycles. The lowest BCUT2D eigenvalue weighted by atomic mass is 10.0. The van der Waals surface area contributed by atoms with Crippen molar-refractivity contribution in [1.29, 1.82) is 0 Å². The number of allylic oxidation sites excluding steroid dienone is 5. The second kappa shape index (κ2) is 23.4. The number of amides is 2. The van der Waals surface area contributed by atoms with Crippen LogP contribution >= 0.6 is 23.2 Å². The van der Waals surface area contributed by atoms with Gasteiger partial charge in [-0.2, -0.15) is 0 Å². The highest BCUT2D eigenvalue weighted by Gasteiger charge is 2.13. The minimum absolute atomic E-state index is 0.00458. The lowest BCUT2D eigenvalue weighted by Crippen LogP contribution is -2.12. The monoisotopic (exact) mass is 611 g/mol. The van der Waals surface area contributed by atoms with E-state index in [0.29, 0.717) is 28.1 Å². The quantitative estimate of drug-likeness (QED) is 0.133. The molecule has 2 fully saturated rings. The summed E-state index contributed by atoms with van der Waals surface area (Å²) in [4.78, 5) is 20.0. The zero-order chi connectivity index (χ0) is 31.1. The van der Waals surface area contributed by atoms with Crippen molar-refractivity contribution in [2.45, 2.75) is 86.0 Å². The van der Waals surface area contributed by atoms with Crippen molar-refractivity contribution in [3.05, 3.63) is 64.5 Å². The highest BCUT2D eigenvalue weighted by molar-refractivity contribution is 6.31. The van der Waals surface area contributed by atoms with Crippen molar-refractivity contribution in [2.75, 3.05) is 25.0 Å². The highest BCUT2D eigenvalue weighted by atomic mass is 35.5. The number of aryl methyl sites for hydroxylation is 1. The SMILES string of the molecule is C=C/C(Cl)=C\C=C/C[C@@H]1CCNC1.CC(C)(C)C.Cc1cc(F)c(Cl)cc1NC=O.O=CNCCCC1CCCC1. The summed E-state index contributed by atoms with van der Waals surface area (Å²) in [5.41, 5.74) is 1.67. The summed E-state index contributed by atoms with van der Waals surface area (Å²) in [5, 5.41) is 9.15. The van der Waals surface area contributed by atoms with E-state index in [1.165, 1.54) is 57.2 Å². The van der Waals surface area contributed by atoms with E-state index in [1.807, 2.05) is 12.2 Å². The van der Waals surface area contributed by atoms with Crippen molar-refractivity contribution in [3.63, 3.8) is 0 Å². The summed E-state index contributed by atoms with van der Waals surface area (Å²) in [6, 6.07) is 2.65. The van der Waals surface area contributed by atoms with Crippen LogP contribution in [0.4, 0.5) is 10.1 Å². The van der Waals surface area contributed by atoms with Crippen molar-refractivity contribution in [3.8, 4) is 0 Å². The van der Waals surface area contributed by atoms with Crippen LogP contribution in [0, 0.1) is 30.0 Å². The molecule has 0 bridgehead atoms. The van der Waals surface area contributed by atoms with E-state index < -0.39 is 5.82 Å². The predicted octanol–water partition coefficient (Wildman–Crippen LogP) is 8.96. The average Bonchev–Trinajstić information content (AvgIpc) is 3.62. The Morgan fingerprint density at radius 1 is 1.12 bits per heavy atom. The zero-order valence-corrected chi connectivity index (χ0v) is 27.2. The standard InChI is InChI=1S/C11H16ClN.C9H17NO.C8H7ClFNO.C5H12/c1-2-11(12)6-4-3-5-10-7-8-13-9-10;11-8-10-7-3-6-9-4-1-2-5-9;1-5-2-7(10)6(9)3-8(5)11-4-12;1-5(2,3)4/h2-4,6,10,13H,1,5,7-9H2;8-9H,1-7H2,(H,10,11);2-4H,1H3,(H,11,12);1-4H3/b4-3-,11-6+;;;/t10-;;;/m1.../s1. The minimum Gasteiger partial charge on any atom is -0.359 e. The fourth-order valence-electron chi connectivity index (χ4n) is 4.13. The van der Waals surface area contributed by atoms with Gasteiger partial charge < -0.3 is 16.0 Å². The number of rotatable bonds is 11. The van der Waals surface area contributed by atoms with Gasteiger partial charge in [-0.1, -0.05) is 101 Å². The molecule has 41 heavy (non-hydrogen) atoms. The van der Waals surface area contributed by atoms with Gasteiger partial charge >= 0.3 is 0 Å². The molecule has 1 aliphatic heterocycles. The maximum absolute atomic E-state index is 12.8. The third-order valence-electron chi connectivity index (χ3n) is 6.19. The zero-order valence-electron chi connectivity index (χ0n) is 25.7. The molecule has 1 aromatic rings. The topological polar surface area (TPSA) is 70.2 Å². The molecule has 1 saturated carbocycles. The van der Waals surface area contributed by atoms with Gasteiger partial charge in [0.05, 0.1) is 5.02 Å². The summed E-state index contributed by atoms with van der Waals surface area (Å²) >= 11 is 11.2. The third-order valence-corrected chi connectivity index (χ3v) is 6.76. The molecule has 5 nitrogen and oxygen atoms in total. The van der Waals surface area contributed by atoms with Gasteiger partial charge in [0, 0.05) is 17.3 Å². The Morgan fingerprint density at radius 2 is 1.78 bits per heavy atom. The molecular formula is C33H52Cl2FN3O2. The first-order valence-corrected chi connectivity index (χ1v) is 15.3. The van der Waals surface area contributed by atoms with Crippen LogP contribution in [0.3, 0.4) is 0 Å². The van der Waals surface area contributed by atoms with E-state index in [-0.39, 0.29) is 5.02 Å². The van der Waals surface area contributed by atoms with Crippen molar-refractivity contribution in [1.82, 2.24) is 10.6 Å². The minimum atomic E-state index is -0.481. The Morgan fingerprint density at radius 3 is 2.32 bits per heavy atom. The third kappa shape index (κ3) is 23.1. The normalized spacial score (nSPS) is 16.9. The molecule has 1 saturated heterocycles. The highest BCUT2D eigenvalue weighted by Crippen LogP contribution is 2.28. The number of nitrogens with one attached hydrogen (secondary N) is 3. The lowest BCUT2D eigenvalue weighted by molar-refractivity contribution is -0.109. The molecule has 8 heteroatoms. The molecule has 1 atom stereocenters. The van der Waals surface area contributed by atoms with Gasteiger partial charge in [-0.05, 0) is 86.7 Å². The van der Waals surface area contributed by atoms with Crippen LogP contribution in [0.15, 0.2) is 48.0 Å². The largest absolute Gasteiger partial charge is 0.359 e. The number of halogens is 3. The Balaban J connectivity index is 0.000000542. The molecule has 0 unspecified atom stereocenters. The van der Waals surface area contributed by atoms with Crippen molar-refractivity contribution >= 4 is 41.7 Å². The molecular weight excluding hydrogens is 560 g/mol. The van der Waals surface area contributed by atoms with Crippen LogP contribution < -0.4 is 16.0 Å². The molecule has 3 N–H and O–H groups in total. The van der Waals surface area contributed by atoms with E-state index in [1.54, 1.807) is 13.0 Å². The molecule has 0 spiro atoms.